The molecule has 0 saturated carbocycles. The lowest BCUT2D eigenvalue weighted by molar-refractivity contribution is 0.465. The minimum absolute atomic E-state index is 0.151. The van der Waals surface area contributed by atoms with Crippen LogP contribution in [0.25, 0.3) is 6.08 Å². The van der Waals surface area contributed by atoms with Crippen LogP contribution in [0.15, 0.2) is 24.8 Å². The second-order valence-electron chi connectivity index (χ2n) is 10.9. The summed E-state index contributed by atoms with van der Waals surface area (Å²) in [4.78, 5) is 0. The van der Waals surface area contributed by atoms with Gasteiger partial charge in [0.2, 0.25) is 8.08 Å². The molecule has 0 aromatic heterocycles. The molecule has 1 aromatic rings. The number of rotatable bonds is 13. The summed E-state index contributed by atoms with van der Waals surface area (Å²) in [5.74, 6) is 1.96. The van der Waals surface area contributed by atoms with E-state index in [1.807, 2.05) is 6.08 Å². The highest BCUT2D eigenvalue weighted by atomic mass is 29.6. The van der Waals surface area contributed by atoms with Gasteiger partial charge in [-0.1, -0.05) is 117 Å². The standard InChI is InChI=1S/C26H51O2Si4/c1-13-23-20-21-24(28-30(11,12)26(8,9)10)25(22-23)27-29(31(14-2,15-3)16-4)32(17-5,18-6)19-7/h13,20-22H,1,14-19H2,2-12H3. The second kappa shape index (κ2) is 11.7. The lowest BCUT2D eigenvalue weighted by Gasteiger charge is -2.45. The van der Waals surface area contributed by atoms with E-state index in [0.29, 0.717) is 0 Å². The number of hydrogen-bond acceptors (Lipinski definition) is 2. The molecule has 0 N–H and O–H groups in total. The quantitative estimate of drug-likeness (QED) is 0.248. The third kappa shape index (κ3) is 6.10. The van der Waals surface area contributed by atoms with Crippen molar-refractivity contribution in [1.82, 2.24) is 0 Å². The minimum Gasteiger partial charge on any atom is -0.546 e. The van der Waals surface area contributed by atoms with Gasteiger partial charge < -0.3 is 8.85 Å². The predicted molar refractivity (Wildman–Crippen MR) is 155 cm³/mol. The van der Waals surface area contributed by atoms with Crippen molar-refractivity contribution >= 4 is 37.7 Å². The molecule has 32 heavy (non-hydrogen) atoms. The second-order valence-corrected chi connectivity index (χ2v) is 36.4. The number of hydrogen-bond donors (Lipinski definition) is 0. The van der Waals surface area contributed by atoms with Crippen molar-refractivity contribution in [2.75, 3.05) is 0 Å². The highest BCUT2D eigenvalue weighted by molar-refractivity contribution is 7.59. The Kier molecular flexibility index (Phi) is 10.8. The van der Waals surface area contributed by atoms with Crippen LogP contribution in [0.3, 0.4) is 0 Å². The molecule has 183 valence electrons. The van der Waals surface area contributed by atoms with Crippen molar-refractivity contribution in [3.05, 3.63) is 30.3 Å². The summed E-state index contributed by atoms with van der Waals surface area (Å²) in [6, 6.07) is 14.5. The molecular formula is C26H51O2Si4. The molecule has 0 aliphatic carbocycles. The van der Waals surface area contributed by atoms with Gasteiger partial charge in [-0.25, -0.2) is 0 Å². The Balaban J connectivity index is 3.69. The smallest absolute Gasteiger partial charge is 0.250 e. The Morgan fingerprint density at radius 3 is 1.59 bits per heavy atom. The first-order valence-electron chi connectivity index (χ1n) is 12.9. The Labute approximate surface area is 204 Å². The van der Waals surface area contributed by atoms with Crippen LogP contribution in [0.2, 0.25) is 54.4 Å². The van der Waals surface area contributed by atoms with Crippen LogP contribution in [-0.4, -0.2) is 31.6 Å². The van der Waals surface area contributed by atoms with Gasteiger partial charge in [0.05, 0.1) is 15.2 Å². The summed E-state index contributed by atoms with van der Waals surface area (Å²) < 4.78 is 14.2. The van der Waals surface area contributed by atoms with Crippen molar-refractivity contribution in [3.8, 4) is 11.5 Å². The van der Waals surface area contributed by atoms with Crippen LogP contribution in [0, 0.1) is 0 Å². The summed E-state index contributed by atoms with van der Waals surface area (Å²) >= 11 is 0. The van der Waals surface area contributed by atoms with Crippen LogP contribution in [0.1, 0.15) is 67.9 Å². The molecule has 0 spiro atoms. The maximum absolute atomic E-state index is 7.40. The zero-order valence-corrected chi connectivity index (χ0v) is 27.1. The summed E-state index contributed by atoms with van der Waals surface area (Å²) in [5, 5.41) is 0.151. The fraction of sp³-hybridized carbons (Fsp3) is 0.692. The number of benzene rings is 1. The summed E-state index contributed by atoms with van der Waals surface area (Å²) in [5.41, 5.74) is 1.12. The van der Waals surface area contributed by atoms with E-state index in [0.717, 1.165) is 17.1 Å². The van der Waals surface area contributed by atoms with Crippen LogP contribution >= 0.6 is 0 Å². The van der Waals surface area contributed by atoms with Gasteiger partial charge in [0.1, 0.15) is 11.5 Å². The van der Waals surface area contributed by atoms with E-state index in [-0.39, 0.29) is 5.04 Å². The molecule has 0 aliphatic rings. The fourth-order valence-electron chi connectivity index (χ4n) is 4.60. The van der Waals surface area contributed by atoms with Gasteiger partial charge in [-0.2, -0.15) is 0 Å². The summed E-state index contributed by atoms with van der Waals surface area (Å²) in [6.45, 7) is 30.3. The zero-order valence-electron chi connectivity index (χ0n) is 23.1. The van der Waals surface area contributed by atoms with E-state index < -0.39 is 31.6 Å². The topological polar surface area (TPSA) is 18.5 Å². The molecule has 1 rings (SSSR count). The van der Waals surface area contributed by atoms with E-state index in [2.05, 4.69) is 100 Å². The summed E-state index contributed by atoms with van der Waals surface area (Å²) in [7, 11) is -5.93. The first-order chi connectivity index (χ1) is 14.9. The van der Waals surface area contributed by atoms with E-state index in [1.165, 1.54) is 36.3 Å². The van der Waals surface area contributed by atoms with Gasteiger partial charge in [0.25, 0.3) is 8.32 Å². The average Bonchev–Trinajstić information content (AvgIpc) is 2.76. The van der Waals surface area contributed by atoms with E-state index in [4.69, 9.17) is 8.85 Å². The molecule has 0 aliphatic heterocycles. The van der Waals surface area contributed by atoms with Crippen LogP contribution in [0.5, 0.6) is 11.5 Å². The van der Waals surface area contributed by atoms with Crippen molar-refractivity contribution < 1.29 is 8.85 Å². The molecule has 0 unspecified atom stereocenters. The van der Waals surface area contributed by atoms with Crippen LogP contribution in [0.4, 0.5) is 0 Å². The molecule has 1 radical (unpaired) electrons. The Bertz CT molecular complexity index is 695. The van der Waals surface area contributed by atoms with E-state index in [1.54, 1.807) is 0 Å². The lowest BCUT2D eigenvalue weighted by atomic mass is 10.2. The zero-order chi connectivity index (χ0) is 24.8. The van der Waals surface area contributed by atoms with Gasteiger partial charge >= 0.3 is 0 Å². The predicted octanol–water partition coefficient (Wildman–Crippen LogP) is 9.26. The average molecular weight is 508 g/mol. The first-order valence-corrected chi connectivity index (χ1v) is 24.4. The lowest BCUT2D eigenvalue weighted by Crippen LogP contribution is -2.68. The third-order valence-corrected chi connectivity index (χ3v) is 45.7. The fourth-order valence-corrected chi connectivity index (χ4v) is 43.3. The maximum Gasteiger partial charge on any atom is 0.250 e. The van der Waals surface area contributed by atoms with Crippen molar-refractivity contribution in [2.45, 2.75) is 117 Å². The van der Waals surface area contributed by atoms with Crippen LogP contribution in [-0.2, 0) is 0 Å². The van der Waals surface area contributed by atoms with Gasteiger partial charge in [0.15, 0.2) is 0 Å². The first kappa shape index (κ1) is 29.5. The highest BCUT2D eigenvalue weighted by Gasteiger charge is 2.54. The Morgan fingerprint density at radius 2 is 1.25 bits per heavy atom. The maximum atomic E-state index is 7.40. The molecule has 6 heteroatoms. The molecule has 0 bridgehead atoms. The Morgan fingerprint density at radius 1 is 0.812 bits per heavy atom. The van der Waals surface area contributed by atoms with Crippen molar-refractivity contribution in [2.24, 2.45) is 0 Å². The molecule has 0 heterocycles. The van der Waals surface area contributed by atoms with Gasteiger partial charge in [0, 0.05) is 0 Å². The van der Waals surface area contributed by atoms with Gasteiger partial charge in [-0.15, -0.1) is 0 Å². The summed E-state index contributed by atoms with van der Waals surface area (Å²) in [6.07, 6.45) is 1.93. The van der Waals surface area contributed by atoms with Gasteiger partial charge in [-0.3, -0.25) is 0 Å². The SMILES string of the molecule is C=Cc1ccc(O[Si](C)(C)C(C)(C)C)c(O[Si]([Si](CC)(CC)CC)[Si](CC)(CC)CC)c1. The molecule has 0 saturated heterocycles. The monoisotopic (exact) mass is 507 g/mol. The van der Waals surface area contributed by atoms with Crippen molar-refractivity contribution in [1.29, 1.82) is 0 Å². The van der Waals surface area contributed by atoms with Crippen LogP contribution < -0.4 is 8.85 Å². The molecular weight excluding hydrogens is 457 g/mol. The molecule has 0 amide bonds. The normalized spacial score (nSPS) is 13.4. The minimum atomic E-state index is -1.97. The van der Waals surface area contributed by atoms with Gasteiger partial charge in [-0.05, 0) is 35.8 Å². The van der Waals surface area contributed by atoms with E-state index in [9.17, 15) is 0 Å². The Hall–Kier alpha value is -0.572. The third-order valence-electron chi connectivity index (χ3n) is 8.61. The highest BCUT2D eigenvalue weighted by Crippen LogP contribution is 2.42. The van der Waals surface area contributed by atoms with E-state index >= 15 is 0 Å². The molecule has 2 nitrogen and oxygen atoms in total. The molecule has 0 atom stereocenters. The van der Waals surface area contributed by atoms with Crippen molar-refractivity contribution in [3.63, 3.8) is 0 Å². The molecule has 0 fully saturated rings. The largest absolute Gasteiger partial charge is 0.546 e. The molecule has 1 aromatic carbocycles.